The summed E-state index contributed by atoms with van der Waals surface area (Å²) in [5.74, 6) is 3.06. The van der Waals surface area contributed by atoms with Gasteiger partial charge in [-0.1, -0.05) is 49.3 Å². The van der Waals surface area contributed by atoms with Gasteiger partial charge in [-0.15, -0.1) is 0 Å². The lowest BCUT2D eigenvalue weighted by Crippen LogP contribution is -2.02. The maximum Gasteiger partial charge on any atom is 0.458 e. The molecular formula is C26H15F7. The van der Waals surface area contributed by atoms with Crippen molar-refractivity contribution in [1.29, 1.82) is 0 Å². The highest BCUT2D eigenvalue weighted by Crippen LogP contribution is 2.26. The number of aryl methyl sites for hydroxylation is 1. The van der Waals surface area contributed by atoms with E-state index in [-0.39, 0.29) is 16.7 Å². The van der Waals surface area contributed by atoms with Crippen LogP contribution in [0.2, 0.25) is 0 Å². The van der Waals surface area contributed by atoms with Crippen molar-refractivity contribution < 1.29 is 30.7 Å². The van der Waals surface area contributed by atoms with Crippen molar-refractivity contribution in [3.63, 3.8) is 0 Å². The van der Waals surface area contributed by atoms with Crippen LogP contribution in [0.25, 0.3) is 11.1 Å². The third-order valence-corrected chi connectivity index (χ3v) is 4.57. The van der Waals surface area contributed by atoms with E-state index in [9.17, 15) is 30.7 Å². The van der Waals surface area contributed by atoms with Gasteiger partial charge in [-0.3, -0.25) is 0 Å². The van der Waals surface area contributed by atoms with Crippen LogP contribution in [0.4, 0.5) is 30.7 Å². The van der Waals surface area contributed by atoms with Gasteiger partial charge in [-0.05, 0) is 47.9 Å². The highest BCUT2D eigenvalue weighted by atomic mass is 19.4. The summed E-state index contributed by atoms with van der Waals surface area (Å²) >= 11 is 0. The van der Waals surface area contributed by atoms with Gasteiger partial charge in [0, 0.05) is 17.0 Å². The molecule has 33 heavy (non-hydrogen) atoms. The van der Waals surface area contributed by atoms with E-state index < -0.39 is 35.0 Å². The van der Waals surface area contributed by atoms with E-state index >= 15 is 0 Å². The first-order chi connectivity index (χ1) is 15.6. The summed E-state index contributed by atoms with van der Waals surface area (Å²) in [6, 6.07) is 9.99. The zero-order valence-corrected chi connectivity index (χ0v) is 17.2. The van der Waals surface area contributed by atoms with Crippen LogP contribution in [-0.2, 0) is 6.42 Å². The Kier molecular flexibility index (Phi) is 7.13. The third-order valence-electron chi connectivity index (χ3n) is 4.57. The number of halogens is 7. The molecule has 0 N–H and O–H groups in total. The molecule has 3 aromatic rings. The summed E-state index contributed by atoms with van der Waals surface area (Å²) in [7, 11) is 0. The zero-order chi connectivity index (χ0) is 24.2. The molecular weight excluding hydrogens is 445 g/mol. The molecule has 0 bridgehead atoms. The highest BCUT2D eigenvalue weighted by molar-refractivity contribution is 5.66. The Labute approximate surface area is 186 Å². The van der Waals surface area contributed by atoms with Gasteiger partial charge in [0.15, 0.2) is 0 Å². The second-order valence-electron chi connectivity index (χ2n) is 7.07. The molecule has 7 heteroatoms. The van der Waals surface area contributed by atoms with E-state index in [0.29, 0.717) is 17.7 Å². The minimum absolute atomic E-state index is 0.108. The Morgan fingerprint density at radius 1 is 0.727 bits per heavy atom. The van der Waals surface area contributed by atoms with E-state index in [1.165, 1.54) is 24.1 Å². The predicted octanol–water partition coefficient (Wildman–Crippen LogP) is 7.18. The molecule has 0 radical (unpaired) electrons. The van der Waals surface area contributed by atoms with Crippen LogP contribution < -0.4 is 0 Å². The predicted molar refractivity (Wildman–Crippen MR) is 111 cm³/mol. The average Bonchev–Trinajstić information content (AvgIpc) is 2.72. The first-order valence-electron chi connectivity index (χ1n) is 9.76. The minimum Gasteiger partial charge on any atom is -0.206 e. The zero-order valence-electron chi connectivity index (χ0n) is 17.2. The monoisotopic (exact) mass is 460 g/mol. The van der Waals surface area contributed by atoms with Gasteiger partial charge in [0.2, 0.25) is 0 Å². The lowest BCUT2D eigenvalue weighted by Gasteiger charge is -2.07. The van der Waals surface area contributed by atoms with E-state index in [1.807, 2.05) is 6.92 Å². The van der Waals surface area contributed by atoms with E-state index in [4.69, 9.17) is 0 Å². The van der Waals surface area contributed by atoms with Crippen molar-refractivity contribution in [1.82, 2.24) is 0 Å². The topological polar surface area (TPSA) is 0 Å². The number of alkyl halides is 3. The largest absolute Gasteiger partial charge is 0.458 e. The van der Waals surface area contributed by atoms with Crippen LogP contribution >= 0.6 is 0 Å². The summed E-state index contributed by atoms with van der Waals surface area (Å²) in [6.45, 7) is 1.97. The average molecular weight is 460 g/mol. The molecule has 0 aliphatic heterocycles. The fraction of sp³-hybridized carbons (Fsp3) is 0.154. The quantitative estimate of drug-likeness (QED) is 0.287. The Morgan fingerprint density at radius 3 is 2.00 bits per heavy atom. The molecule has 0 aromatic heterocycles. The summed E-state index contributed by atoms with van der Waals surface area (Å²) in [6.07, 6.45) is -3.32. The molecule has 0 atom stereocenters. The number of benzene rings is 3. The summed E-state index contributed by atoms with van der Waals surface area (Å²) < 4.78 is 93.2. The number of hydrogen-bond acceptors (Lipinski definition) is 0. The molecule has 0 heterocycles. The summed E-state index contributed by atoms with van der Waals surface area (Å²) in [5.41, 5.74) is -0.0275. The smallest absolute Gasteiger partial charge is 0.206 e. The van der Waals surface area contributed by atoms with E-state index in [1.54, 1.807) is 12.1 Å². The highest BCUT2D eigenvalue weighted by Gasteiger charge is 2.23. The van der Waals surface area contributed by atoms with Gasteiger partial charge in [-0.2, -0.15) is 13.2 Å². The van der Waals surface area contributed by atoms with Crippen LogP contribution in [0.5, 0.6) is 0 Å². The molecule has 168 valence electrons. The minimum atomic E-state index is -4.90. The second kappa shape index (κ2) is 9.83. The van der Waals surface area contributed by atoms with Gasteiger partial charge in [-0.25, -0.2) is 17.6 Å². The summed E-state index contributed by atoms with van der Waals surface area (Å²) in [4.78, 5) is 0. The van der Waals surface area contributed by atoms with Crippen LogP contribution in [-0.4, -0.2) is 6.18 Å². The lowest BCUT2D eigenvalue weighted by molar-refractivity contribution is -0.0696. The van der Waals surface area contributed by atoms with Gasteiger partial charge in [0.05, 0.1) is 11.1 Å². The van der Waals surface area contributed by atoms with Crippen LogP contribution in [0.3, 0.4) is 0 Å². The van der Waals surface area contributed by atoms with E-state index in [2.05, 4.69) is 11.8 Å². The summed E-state index contributed by atoms with van der Waals surface area (Å²) in [5, 5.41) is 0. The van der Waals surface area contributed by atoms with Gasteiger partial charge in [0.25, 0.3) is 0 Å². The Hall–Kier alpha value is -3.71. The molecule has 0 aliphatic carbocycles. The normalized spacial score (nSPS) is 10.8. The number of hydrogen-bond donors (Lipinski definition) is 0. The Morgan fingerprint density at radius 2 is 1.42 bits per heavy atom. The molecule has 3 rings (SSSR count). The van der Waals surface area contributed by atoms with Crippen LogP contribution in [0.15, 0.2) is 48.5 Å². The SMILES string of the molecule is CCCc1ccc(-c2ccc(C#Cc3cc(F)c(C#CC(F)(F)F)c(F)c3)c(F)c2)c(F)c1. The van der Waals surface area contributed by atoms with Crippen molar-refractivity contribution in [2.24, 2.45) is 0 Å². The number of rotatable bonds is 3. The molecule has 0 saturated carbocycles. The standard InChI is InChI=1S/C26H15F7/c1-2-3-16-5-9-20(23(28)12-16)19-8-7-18(22(27)15-19)6-4-17-13-24(29)21(25(30)14-17)10-11-26(31,32)33/h5,7-9,12-15H,2-3H2,1H3. The van der Waals surface area contributed by atoms with Crippen molar-refractivity contribution in [2.45, 2.75) is 25.9 Å². The lowest BCUT2D eigenvalue weighted by atomic mass is 10.00. The van der Waals surface area contributed by atoms with Gasteiger partial charge in [0.1, 0.15) is 23.3 Å². The van der Waals surface area contributed by atoms with E-state index in [0.717, 1.165) is 30.4 Å². The third kappa shape index (κ3) is 6.17. The van der Waals surface area contributed by atoms with Crippen LogP contribution in [0.1, 0.15) is 35.6 Å². The van der Waals surface area contributed by atoms with Crippen LogP contribution in [0, 0.1) is 47.0 Å². The maximum absolute atomic E-state index is 14.5. The van der Waals surface area contributed by atoms with Gasteiger partial charge < -0.3 is 0 Å². The molecule has 0 saturated heterocycles. The second-order valence-corrected chi connectivity index (χ2v) is 7.07. The van der Waals surface area contributed by atoms with Crippen molar-refractivity contribution in [3.8, 4) is 34.8 Å². The van der Waals surface area contributed by atoms with Crippen molar-refractivity contribution in [2.75, 3.05) is 0 Å². The van der Waals surface area contributed by atoms with Crippen molar-refractivity contribution in [3.05, 3.63) is 94.1 Å². The Balaban J connectivity index is 1.88. The molecule has 0 fully saturated rings. The molecule has 0 amide bonds. The maximum atomic E-state index is 14.5. The molecule has 0 spiro atoms. The van der Waals surface area contributed by atoms with Gasteiger partial charge >= 0.3 is 6.18 Å². The first kappa shape index (κ1) is 23.9. The molecule has 0 nitrogen and oxygen atoms in total. The molecule has 0 unspecified atom stereocenters. The fourth-order valence-electron chi connectivity index (χ4n) is 3.06. The molecule has 0 aliphatic rings. The molecule has 3 aromatic carbocycles. The fourth-order valence-corrected chi connectivity index (χ4v) is 3.06. The van der Waals surface area contributed by atoms with Crippen molar-refractivity contribution >= 4 is 0 Å². The first-order valence-corrected chi connectivity index (χ1v) is 9.76. The Bertz CT molecular complexity index is 1290.